The molecule has 0 radical (unpaired) electrons. The van der Waals surface area contributed by atoms with Crippen LogP contribution in [0.25, 0.3) is 0 Å². The van der Waals surface area contributed by atoms with Crippen LogP contribution in [0.3, 0.4) is 0 Å². The molecule has 0 bridgehead atoms. The van der Waals surface area contributed by atoms with Gasteiger partial charge >= 0.3 is 0 Å². The van der Waals surface area contributed by atoms with Crippen LogP contribution in [-0.4, -0.2) is 98.3 Å². The van der Waals surface area contributed by atoms with E-state index in [1.54, 1.807) is 0 Å². The second kappa shape index (κ2) is 8.54. The fraction of sp³-hybridized carbons (Fsp3) is 1.00. The first kappa shape index (κ1) is 26.5. The molecule has 0 saturated carbocycles. The van der Waals surface area contributed by atoms with Gasteiger partial charge in [0.05, 0.1) is 13.2 Å². The van der Waals surface area contributed by atoms with E-state index >= 15 is 0 Å². The van der Waals surface area contributed by atoms with Crippen LogP contribution >= 0.6 is 0 Å². The van der Waals surface area contributed by atoms with Crippen molar-refractivity contribution in [1.82, 2.24) is 0 Å². The van der Waals surface area contributed by atoms with Crippen LogP contribution in [-0.2, 0) is 28.7 Å². The Bertz CT molecular complexity index is 650. The zero-order valence-electron chi connectivity index (χ0n) is 16.1. The minimum Gasteiger partial charge on any atom is -0.394 e. The maximum Gasteiger partial charge on any atom is 0.282 e. The molecule has 0 spiro atoms. The molecule has 0 aromatic heterocycles. The molecular formula is C12H30N8O11. The zero-order valence-corrected chi connectivity index (χ0v) is 16.1. The minimum atomic E-state index is -3.12. The normalized spacial score (nSPS) is 48.9. The van der Waals surface area contributed by atoms with Gasteiger partial charge in [-0.25, -0.2) is 17.7 Å². The Morgan fingerprint density at radius 3 is 1.84 bits per heavy atom. The molecule has 184 valence electrons. The maximum atomic E-state index is 10.3. The lowest BCUT2D eigenvalue weighted by Gasteiger charge is -2.51. The van der Waals surface area contributed by atoms with Gasteiger partial charge in [0.1, 0.15) is 24.4 Å². The van der Waals surface area contributed by atoms with Crippen LogP contribution in [0.5, 0.6) is 0 Å². The quantitative estimate of drug-likeness (QED) is 0.117. The van der Waals surface area contributed by atoms with Crippen molar-refractivity contribution in [2.45, 2.75) is 59.5 Å². The third-order valence-corrected chi connectivity index (χ3v) is 5.44. The molecule has 2 rings (SSSR count). The Morgan fingerprint density at radius 1 is 0.871 bits per heavy atom. The summed E-state index contributed by atoms with van der Waals surface area (Å²) in [5, 5.41) is 49.4. The lowest BCUT2D eigenvalue weighted by molar-refractivity contribution is -0.442. The van der Waals surface area contributed by atoms with Crippen LogP contribution in [0.4, 0.5) is 0 Å². The summed E-state index contributed by atoms with van der Waals surface area (Å²) in [5.41, 5.74) is 21.3. The molecule has 2 fully saturated rings. The monoisotopic (exact) mass is 462 g/mol. The topological polar surface area (TPSA) is 365 Å². The van der Waals surface area contributed by atoms with E-state index in [2.05, 4.69) is 9.68 Å². The van der Waals surface area contributed by atoms with E-state index < -0.39 is 72.7 Å². The number of aliphatic hydroxyl groups excluding tert-OH is 5. The van der Waals surface area contributed by atoms with E-state index in [9.17, 15) is 25.5 Å². The highest BCUT2D eigenvalue weighted by atomic mass is 16.9. The molecule has 2 aliphatic heterocycles. The molecule has 2 aliphatic rings. The second-order valence-corrected chi connectivity index (χ2v) is 7.20. The van der Waals surface area contributed by atoms with Gasteiger partial charge in [-0.2, -0.15) is 0 Å². The van der Waals surface area contributed by atoms with Crippen molar-refractivity contribution in [3.63, 3.8) is 0 Å². The third kappa shape index (κ3) is 3.37. The lowest BCUT2D eigenvalue weighted by atomic mass is 9.86. The molecule has 2 saturated heterocycles. The van der Waals surface area contributed by atoms with E-state index in [0.717, 1.165) is 0 Å². The van der Waals surface area contributed by atoms with E-state index in [1.165, 1.54) is 0 Å². The van der Waals surface area contributed by atoms with Gasteiger partial charge in [-0.05, 0) is 0 Å². The molecule has 19 nitrogen and oxygen atoms in total. The summed E-state index contributed by atoms with van der Waals surface area (Å²) in [4.78, 5) is 13.8. The highest BCUT2D eigenvalue weighted by Gasteiger charge is 2.86. The molecule has 0 aliphatic carbocycles. The summed E-state index contributed by atoms with van der Waals surface area (Å²) in [6.45, 7) is -2.03. The van der Waals surface area contributed by atoms with Crippen molar-refractivity contribution in [2.24, 2.45) is 46.4 Å². The summed E-state index contributed by atoms with van der Waals surface area (Å²) in [6, 6.07) is 0. The van der Waals surface area contributed by atoms with Gasteiger partial charge in [-0.1, -0.05) is 0 Å². The largest absolute Gasteiger partial charge is 0.394 e. The van der Waals surface area contributed by atoms with Gasteiger partial charge < -0.3 is 39.7 Å². The zero-order chi connectivity index (χ0) is 24.0. The van der Waals surface area contributed by atoms with E-state index in [0.29, 0.717) is 0 Å². The standard InChI is InChI=1S/C12H30N8O11/c13-8(2-22)9(14,29-18)10(15,30-19)11(28-8,12(16,17)31-20)27-7-6(25)5(24)4(23)3(1-21)26-7/h3-7,21-25H,1-2,13-20H2/t3-,4-,5+,6-,7-,8-,9-,10+,11+/m1/s1. The molecule has 19 heteroatoms. The van der Waals surface area contributed by atoms with Crippen molar-refractivity contribution in [3.8, 4) is 0 Å². The number of nitrogens with two attached hydrogens (primary N) is 8. The van der Waals surface area contributed by atoms with Gasteiger partial charge in [0.25, 0.3) is 5.79 Å². The van der Waals surface area contributed by atoms with E-state index in [-0.39, 0.29) is 0 Å². The molecule has 0 aromatic rings. The molecule has 2 heterocycles. The molecular weight excluding hydrogens is 432 g/mol. The summed E-state index contributed by atoms with van der Waals surface area (Å²) in [7, 11) is 0. The second-order valence-electron chi connectivity index (χ2n) is 7.20. The Morgan fingerprint density at radius 2 is 1.42 bits per heavy atom. The van der Waals surface area contributed by atoms with Crippen LogP contribution in [0, 0.1) is 0 Å². The lowest BCUT2D eigenvalue weighted by Crippen LogP contribution is -2.87. The van der Waals surface area contributed by atoms with Crippen LogP contribution in [0.15, 0.2) is 0 Å². The summed E-state index contributed by atoms with van der Waals surface area (Å²) < 4.78 is 16.1. The summed E-state index contributed by atoms with van der Waals surface area (Å²) in [5.74, 6) is 9.59. The molecule has 0 amide bonds. The Kier molecular flexibility index (Phi) is 7.30. The van der Waals surface area contributed by atoms with E-state index in [4.69, 9.17) is 65.4 Å². The first-order valence-electron chi connectivity index (χ1n) is 8.58. The van der Waals surface area contributed by atoms with Crippen LogP contribution in [0.2, 0.25) is 0 Å². The molecule has 31 heavy (non-hydrogen) atoms. The average Bonchev–Trinajstić information content (AvgIpc) is 2.91. The highest BCUT2D eigenvalue weighted by Crippen LogP contribution is 2.52. The Hall–Kier alpha value is -0.760. The number of aliphatic hydroxyl groups is 5. The molecule has 9 atom stereocenters. The first-order chi connectivity index (χ1) is 14.2. The SMILES string of the molecule is NOC(N)(N)[C@@]1(O[C@H]2O[C@H](CO)[C@@H](O)[C@H](O)[C@H]2O)O[C@](N)(CO)[C@@](N)(ON)[C@]1(N)ON. The van der Waals surface area contributed by atoms with Gasteiger partial charge in [-0.3, -0.25) is 43.2 Å². The molecule has 21 N–H and O–H groups in total. The van der Waals surface area contributed by atoms with Crippen molar-refractivity contribution in [2.75, 3.05) is 13.2 Å². The van der Waals surface area contributed by atoms with Gasteiger partial charge in [-0.15, -0.1) is 0 Å². The van der Waals surface area contributed by atoms with Gasteiger partial charge in [0.15, 0.2) is 12.0 Å². The van der Waals surface area contributed by atoms with Crippen molar-refractivity contribution in [3.05, 3.63) is 0 Å². The fourth-order valence-electron chi connectivity index (χ4n) is 3.45. The number of rotatable bonds is 8. The predicted molar refractivity (Wildman–Crippen MR) is 93.4 cm³/mol. The maximum absolute atomic E-state index is 10.3. The summed E-state index contributed by atoms with van der Waals surface area (Å²) in [6.07, 6.45) is -9.28. The van der Waals surface area contributed by atoms with Crippen molar-refractivity contribution in [1.29, 1.82) is 0 Å². The molecule has 0 unspecified atom stereocenters. The predicted octanol–water partition coefficient (Wildman–Crippen LogP) is -9.27. The number of hydrogen-bond donors (Lipinski definition) is 13. The highest BCUT2D eigenvalue weighted by molar-refractivity contribution is 5.23. The molecule has 0 aromatic carbocycles. The minimum absolute atomic E-state index is 0.839. The van der Waals surface area contributed by atoms with Crippen molar-refractivity contribution >= 4 is 0 Å². The van der Waals surface area contributed by atoms with Gasteiger partial charge in [0.2, 0.25) is 17.3 Å². The Balaban J connectivity index is 2.68. The number of ether oxygens (including phenoxy) is 3. The van der Waals surface area contributed by atoms with Crippen LogP contribution in [0.1, 0.15) is 0 Å². The van der Waals surface area contributed by atoms with Crippen molar-refractivity contribution < 1.29 is 54.3 Å². The fourth-order valence-corrected chi connectivity index (χ4v) is 3.45. The third-order valence-electron chi connectivity index (χ3n) is 5.44. The van der Waals surface area contributed by atoms with Gasteiger partial charge in [0, 0.05) is 0 Å². The average molecular weight is 462 g/mol. The summed E-state index contributed by atoms with van der Waals surface area (Å²) >= 11 is 0. The Labute approximate surface area is 174 Å². The number of hydrogen-bond acceptors (Lipinski definition) is 19. The first-order valence-corrected chi connectivity index (χ1v) is 8.58. The smallest absolute Gasteiger partial charge is 0.282 e. The van der Waals surface area contributed by atoms with E-state index in [1.807, 2.05) is 0 Å². The van der Waals surface area contributed by atoms with Crippen LogP contribution < -0.4 is 46.4 Å².